The van der Waals surface area contributed by atoms with Gasteiger partial charge in [0.2, 0.25) is 5.91 Å². The quantitative estimate of drug-likeness (QED) is 0.779. The number of benzene rings is 1. The second kappa shape index (κ2) is 9.85. The first-order valence-corrected chi connectivity index (χ1v) is 10.9. The first-order chi connectivity index (χ1) is 13.6. The Kier molecular flexibility index (Phi) is 7.23. The van der Waals surface area contributed by atoms with Gasteiger partial charge in [0.25, 0.3) is 5.91 Å². The van der Waals surface area contributed by atoms with Gasteiger partial charge < -0.3 is 10.2 Å². The maximum absolute atomic E-state index is 12.7. The number of thiophene rings is 1. The number of nitrogens with one attached hydrogen (secondary N) is 1. The highest BCUT2D eigenvalue weighted by Crippen LogP contribution is 2.13. The maximum Gasteiger partial charge on any atom is 0.253 e. The summed E-state index contributed by atoms with van der Waals surface area (Å²) in [5.74, 6) is 0.141. The highest BCUT2D eigenvalue weighted by molar-refractivity contribution is 7.09. The summed E-state index contributed by atoms with van der Waals surface area (Å²) in [5, 5.41) is 5.09. The van der Waals surface area contributed by atoms with E-state index < -0.39 is 0 Å². The summed E-state index contributed by atoms with van der Waals surface area (Å²) in [6, 6.07) is 11.8. The molecule has 1 aromatic heterocycles. The predicted octanol–water partition coefficient (Wildman–Crippen LogP) is 2.82. The van der Waals surface area contributed by atoms with Crippen molar-refractivity contribution in [1.29, 1.82) is 0 Å². The summed E-state index contributed by atoms with van der Waals surface area (Å²) in [5.41, 5.74) is 1.98. The highest BCUT2D eigenvalue weighted by Gasteiger charge is 2.27. The fraction of sp³-hybridized carbons (Fsp3) is 0.455. The molecule has 1 saturated heterocycles. The summed E-state index contributed by atoms with van der Waals surface area (Å²) in [7, 11) is 0. The van der Waals surface area contributed by atoms with Gasteiger partial charge in [0.05, 0.1) is 6.04 Å². The molecule has 1 N–H and O–H groups in total. The molecule has 1 atom stereocenters. The van der Waals surface area contributed by atoms with Crippen molar-refractivity contribution in [3.63, 3.8) is 0 Å². The lowest BCUT2D eigenvalue weighted by Crippen LogP contribution is -2.55. The minimum absolute atomic E-state index is 0.0616. The summed E-state index contributed by atoms with van der Waals surface area (Å²) >= 11 is 1.71. The molecule has 0 aliphatic carbocycles. The number of aryl methyl sites for hydroxylation is 1. The van der Waals surface area contributed by atoms with Gasteiger partial charge in [0, 0.05) is 43.2 Å². The van der Waals surface area contributed by atoms with E-state index in [-0.39, 0.29) is 17.9 Å². The fourth-order valence-electron chi connectivity index (χ4n) is 3.46. The lowest BCUT2D eigenvalue weighted by atomic mass is 10.1. The summed E-state index contributed by atoms with van der Waals surface area (Å²) < 4.78 is 0. The van der Waals surface area contributed by atoms with Gasteiger partial charge in [-0.05, 0) is 48.9 Å². The molecule has 0 bridgehead atoms. The van der Waals surface area contributed by atoms with Gasteiger partial charge in [0.15, 0.2) is 0 Å². The van der Waals surface area contributed by atoms with Crippen molar-refractivity contribution in [2.75, 3.05) is 32.7 Å². The zero-order chi connectivity index (χ0) is 19.9. The van der Waals surface area contributed by atoms with Crippen LogP contribution in [0.5, 0.6) is 0 Å². The number of amides is 2. The number of carbonyl (C=O) groups excluding carboxylic acids is 2. The van der Waals surface area contributed by atoms with Crippen LogP contribution in [0.15, 0.2) is 41.8 Å². The van der Waals surface area contributed by atoms with Crippen molar-refractivity contribution >= 4 is 23.2 Å². The zero-order valence-corrected chi connectivity index (χ0v) is 17.5. The topological polar surface area (TPSA) is 52.7 Å². The smallest absolute Gasteiger partial charge is 0.253 e. The average Bonchev–Trinajstić information content (AvgIpc) is 3.26. The Bertz CT molecular complexity index is 766. The van der Waals surface area contributed by atoms with E-state index in [1.54, 1.807) is 11.3 Å². The largest absolute Gasteiger partial charge is 0.354 e. The third-order valence-corrected chi connectivity index (χ3v) is 6.32. The Balaban J connectivity index is 1.44. The summed E-state index contributed by atoms with van der Waals surface area (Å²) in [4.78, 5) is 30.5. The van der Waals surface area contributed by atoms with E-state index in [0.29, 0.717) is 19.6 Å². The SMILES string of the molecule is CCc1ccc(C(=O)N2CCN(C(C)C(=O)NCCc3cccs3)CC2)cc1. The molecule has 150 valence electrons. The second-order valence-corrected chi connectivity index (χ2v) is 8.21. The maximum atomic E-state index is 12.7. The first kappa shape index (κ1) is 20.6. The number of rotatable bonds is 7. The van der Waals surface area contributed by atoms with Crippen molar-refractivity contribution in [2.24, 2.45) is 0 Å². The molecule has 1 fully saturated rings. The average molecular weight is 400 g/mol. The highest BCUT2D eigenvalue weighted by atomic mass is 32.1. The van der Waals surface area contributed by atoms with Crippen LogP contribution in [-0.2, 0) is 17.6 Å². The fourth-order valence-corrected chi connectivity index (χ4v) is 4.16. The number of nitrogens with zero attached hydrogens (tertiary/aromatic N) is 2. The molecule has 2 amide bonds. The van der Waals surface area contributed by atoms with E-state index >= 15 is 0 Å². The third-order valence-electron chi connectivity index (χ3n) is 5.39. The molecule has 1 aromatic carbocycles. The Morgan fingerprint density at radius 2 is 1.82 bits per heavy atom. The van der Waals surface area contributed by atoms with E-state index in [0.717, 1.165) is 31.5 Å². The van der Waals surface area contributed by atoms with Gasteiger partial charge in [-0.3, -0.25) is 14.5 Å². The molecule has 1 aliphatic rings. The molecular weight excluding hydrogens is 370 g/mol. The van der Waals surface area contributed by atoms with E-state index in [4.69, 9.17) is 0 Å². The minimum atomic E-state index is -0.176. The summed E-state index contributed by atoms with van der Waals surface area (Å²) in [6.07, 6.45) is 1.84. The molecule has 28 heavy (non-hydrogen) atoms. The Hall–Kier alpha value is -2.18. The molecule has 1 aliphatic heterocycles. The molecule has 2 heterocycles. The zero-order valence-electron chi connectivity index (χ0n) is 16.7. The van der Waals surface area contributed by atoms with Gasteiger partial charge in [-0.2, -0.15) is 0 Å². The first-order valence-electron chi connectivity index (χ1n) is 10.0. The predicted molar refractivity (Wildman–Crippen MR) is 114 cm³/mol. The van der Waals surface area contributed by atoms with Crippen LogP contribution < -0.4 is 5.32 Å². The van der Waals surface area contributed by atoms with Crippen molar-refractivity contribution in [3.05, 3.63) is 57.8 Å². The van der Waals surface area contributed by atoms with Gasteiger partial charge in [-0.1, -0.05) is 25.1 Å². The number of piperazine rings is 1. The van der Waals surface area contributed by atoms with Gasteiger partial charge in [-0.15, -0.1) is 11.3 Å². The van der Waals surface area contributed by atoms with Crippen LogP contribution in [0, 0.1) is 0 Å². The molecule has 5 nitrogen and oxygen atoms in total. The Morgan fingerprint density at radius 3 is 2.43 bits per heavy atom. The van der Waals surface area contributed by atoms with E-state index in [1.807, 2.05) is 42.2 Å². The molecular formula is C22H29N3O2S. The Morgan fingerprint density at radius 1 is 1.11 bits per heavy atom. The van der Waals surface area contributed by atoms with E-state index in [2.05, 4.69) is 28.6 Å². The molecule has 0 radical (unpaired) electrons. The van der Waals surface area contributed by atoms with Crippen LogP contribution in [0.25, 0.3) is 0 Å². The van der Waals surface area contributed by atoms with Crippen LogP contribution >= 0.6 is 11.3 Å². The standard InChI is InChI=1S/C22H29N3O2S/c1-3-18-6-8-19(9-7-18)22(27)25-14-12-24(13-15-25)17(2)21(26)23-11-10-20-5-4-16-28-20/h4-9,16-17H,3,10-15H2,1-2H3,(H,23,26). The number of hydrogen-bond donors (Lipinski definition) is 1. The van der Waals surface area contributed by atoms with Crippen molar-refractivity contribution < 1.29 is 9.59 Å². The van der Waals surface area contributed by atoms with Crippen molar-refractivity contribution in [2.45, 2.75) is 32.7 Å². The van der Waals surface area contributed by atoms with Crippen LogP contribution in [0.2, 0.25) is 0 Å². The molecule has 0 spiro atoms. The summed E-state index contributed by atoms with van der Waals surface area (Å²) in [6.45, 7) is 7.46. The second-order valence-electron chi connectivity index (χ2n) is 7.18. The minimum Gasteiger partial charge on any atom is -0.354 e. The van der Waals surface area contributed by atoms with Crippen molar-refractivity contribution in [3.8, 4) is 0 Å². The van der Waals surface area contributed by atoms with Crippen LogP contribution in [0.1, 0.15) is 34.6 Å². The van der Waals surface area contributed by atoms with Gasteiger partial charge in [0.1, 0.15) is 0 Å². The molecule has 2 aromatic rings. The molecule has 6 heteroatoms. The van der Waals surface area contributed by atoms with Crippen LogP contribution in [0.3, 0.4) is 0 Å². The normalized spacial score (nSPS) is 16.0. The lowest BCUT2D eigenvalue weighted by molar-refractivity contribution is -0.126. The van der Waals surface area contributed by atoms with Crippen LogP contribution in [-0.4, -0.2) is 60.4 Å². The van der Waals surface area contributed by atoms with E-state index in [9.17, 15) is 9.59 Å². The molecule has 1 unspecified atom stereocenters. The lowest BCUT2D eigenvalue weighted by Gasteiger charge is -2.37. The van der Waals surface area contributed by atoms with Gasteiger partial charge >= 0.3 is 0 Å². The van der Waals surface area contributed by atoms with Crippen LogP contribution in [0.4, 0.5) is 0 Å². The number of carbonyl (C=O) groups is 2. The monoisotopic (exact) mass is 399 g/mol. The molecule has 3 rings (SSSR count). The van der Waals surface area contributed by atoms with Gasteiger partial charge in [-0.25, -0.2) is 0 Å². The number of hydrogen-bond acceptors (Lipinski definition) is 4. The molecule has 0 saturated carbocycles. The Labute approximate surface area is 171 Å². The van der Waals surface area contributed by atoms with E-state index in [1.165, 1.54) is 10.4 Å². The third kappa shape index (κ3) is 5.20. The van der Waals surface area contributed by atoms with Crippen molar-refractivity contribution in [1.82, 2.24) is 15.1 Å².